The maximum absolute atomic E-state index is 14.2. The number of imidazole rings is 2. The summed E-state index contributed by atoms with van der Waals surface area (Å²) in [5, 5.41) is 5.48. The van der Waals surface area contributed by atoms with Crippen LogP contribution in [0.1, 0.15) is 83.5 Å². The molecule has 4 N–H and O–H groups in total. The lowest BCUT2D eigenvalue weighted by molar-refractivity contribution is -0.136. The molecule has 60 heavy (non-hydrogen) atoms. The van der Waals surface area contributed by atoms with Gasteiger partial charge in [0.2, 0.25) is 11.8 Å². The van der Waals surface area contributed by atoms with Crippen LogP contribution >= 0.6 is 0 Å². The molecule has 1 spiro atoms. The smallest absolute Gasteiger partial charge is 0.407 e. The molecular weight excluding hydrogens is 763 g/mol. The number of hydrogen-bond acceptors (Lipinski definition) is 9. The summed E-state index contributed by atoms with van der Waals surface area (Å²) in [6, 6.07) is 14.8. The van der Waals surface area contributed by atoms with Crippen molar-refractivity contribution >= 4 is 24.0 Å². The SMILES string of the molecule is COC(=O)N[C@H](C(=O)N1CCC[C@H]1c1ncc(-c2ccc(-c3ccc(-c4cnc([C@@H]5CC6(CCN(C)CC6)CN5C(=O)[C@@H](NC(=O)OC)C(C)C)[nH]4)cc3)cc2)[nH]1)C(C)C. The number of hydrogen-bond donors (Lipinski definition) is 4. The molecule has 0 aliphatic carbocycles. The number of nitrogens with one attached hydrogen (secondary N) is 4. The quantitative estimate of drug-likeness (QED) is 0.131. The van der Waals surface area contributed by atoms with Crippen LogP contribution in [0.4, 0.5) is 9.59 Å². The Morgan fingerprint density at radius 1 is 0.683 bits per heavy atom. The molecule has 2 aromatic carbocycles. The molecule has 3 aliphatic rings. The lowest BCUT2D eigenvalue weighted by Crippen LogP contribution is -2.52. The number of amides is 4. The zero-order chi connectivity index (χ0) is 42.7. The molecule has 0 saturated carbocycles. The molecule has 2 aromatic heterocycles. The highest BCUT2D eigenvalue weighted by molar-refractivity contribution is 5.87. The fourth-order valence-electron chi connectivity index (χ4n) is 9.05. The largest absolute Gasteiger partial charge is 0.453 e. The summed E-state index contributed by atoms with van der Waals surface area (Å²) in [5.41, 5.74) is 5.80. The summed E-state index contributed by atoms with van der Waals surface area (Å²) in [7, 11) is 4.74. The van der Waals surface area contributed by atoms with Gasteiger partial charge in [-0.1, -0.05) is 76.2 Å². The van der Waals surface area contributed by atoms with Gasteiger partial charge in [-0.2, -0.15) is 0 Å². The van der Waals surface area contributed by atoms with Gasteiger partial charge in [-0.05, 0) is 91.7 Å². The molecule has 4 atom stereocenters. The number of aromatic nitrogens is 4. The second-order valence-corrected chi connectivity index (χ2v) is 17.4. The van der Waals surface area contributed by atoms with E-state index in [1.165, 1.54) is 14.2 Å². The Morgan fingerprint density at radius 2 is 1.13 bits per heavy atom. The van der Waals surface area contributed by atoms with E-state index in [0.29, 0.717) is 13.1 Å². The van der Waals surface area contributed by atoms with Crippen LogP contribution in [-0.4, -0.2) is 118 Å². The molecule has 3 fully saturated rings. The average Bonchev–Trinajstić information content (AvgIpc) is 4.09. The highest BCUT2D eigenvalue weighted by atomic mass is 16.5. The summed E-state index contributed by atoms with van der Waals surface area (Å²) < 4.78 is 9.63. The summed E-state index contributed by atoms with van der Waals surface area (Å²) in [4.78, 5) is 74.7. The fraction of sp³-hybridized carbons (Fsp3) is 0.511. The van der Waals surface area contributed by atoms with Crippen molar-refractivity contribution in [2.24, 2.45) is 17.3 Å². The first-order valence-electron chi connectivity index (χ1n) is 21.1. The number of aromatic amines is 2. The molecular formula is C45H59N9O6. The number of benzene rings is 2. The highest BCUT2D eigenvalue weighted by Crippen LogP contribution is 2.49. The Balaban J connectivity index is 1.04. The summed E-state index contributed by atoms with van der Waals surface area (Å²) in [6.45, 7) is 10.8. The molecule has 0 unspecified atom stereocenters. The first-order chi connectivity index (χ1) is 28.8. The normalized spacial score (nSPS) is 20.1. The van der Waals surface area contributed by atoms with Crippen LogP contribution in [0.15, 0.2) is 60.9 Å². The topological polar surface area (TPSA) is 178 Å². The fourth-order valence-corrected chi connectivity index (χ4v) is 9.05. The Bertz CT molecular complexity index is 2140. The molecule has 4 aromatic rings. The predicted octanol–water partition coefficient (Wildman–Crippen LogP) is 6.54. The third-order valence-electron chi connectivity index (χ3n) is 12.7. The van der Waals surface area contributed by atoms with E-state index in [-0.39, 0.29) is 41.1 Å². The lowest BCUT2D eigenvalue weighted by Gasteiger charge is -2.37. The second-order valence-electron chi connectivity index (χ2n) is 17.4. The van der Waals surface area contributed by atoms with Crippen molar-refractivity contribution in [1.29, 1.82) is 0 Å². The Labute approximate surface area is 352 Å². The number of H-pyrrole nitrogens is 2. The number of nitrogens with zero attached hydrogens (tertiary/aromatic N) is 5. The number of likely N-dealkylation sites (tertiary alicyclic amines) is 3. The summed E-state index contributed by atoms with van der Waals surface area (Å²) in [6.07, 6.45) is 6.84. The van der Waals surface area contributed by atoms with Crippen molar-refractivity contribution in [1.82, 2.24) is 45.3 Å². The monoisotopic (exact) mass is 821 g/mol. The minimum atomic E-state index is -0.712. The van der Waals surface area contributed by atoms with Gasteiger partial charge in [-0.3, -0.25) is 9.59 Å². The van der Waals surface area contributed by atoms with Crippen LogP contribution < -0.4 is 10.6 Å². The van der Waals surface area contributed by atoms with Crippen molar-refractivity contribution in [3.8, 4) is 33.6 Å². The van der Waals surface area contributed by atoms with Gasteiger partial charge in [0.1, 0.15) is 23.7 Å². The first kappa shape index (κ1) is 42.4. The van der Waals surface area contributed by atoms with Gasteiger partial charge >= 0.3 is 12.2 Å². The lowest BCUT2D eigenvalue weighted by atomic mass is 9.76. The second kappa shape index (κ2) is 17.9. The van der Waals surface area contributed by atoms with E-state index in [0.717, 1.165) is 90.5 Å². The Kier molecular flexibility index (Phi) is 12.6. The van der Waals surface area contributed by atoms with E-state index in [4.69, 9.17) is 14.5 Å². The van der Waals surface area contributed by atoms with Gasteiger partial charge in [-0.15, -0.1) is 0 Å². The van der Waals surface area contributed by atoms with E-state index in [1.807, 2.05) is 49.9 Å². The Morgan fingerprint density at radius 3 is 1.60 bits per heavy atom. The maximum atomic E-state index is 14.2. The molecule has 4 amide bonds. The van der Waals surface area contributed by atoms with Gasteiger partial charge in [0.05, 0.1) is 50.1 Å². The van der Waals surface area contributed by atoms with Crippen LogP contribution in [0.2, 0.25) is 0 Å². The van der Waals surface area contributed by atoms with Gasteiger partial charge in [0.15, 0.2) is 0 Å². The number of alkyl carbamates (subject to hydrolysis) is 2. The van der Waals surface area contributed by atoms with E-state index < -0.39 is 24.3 Å². The molecule has 3 saturated heterocycles. The van der Waals surface area contributed by atoms with Crippen molar-refractivity contribution in [3.63, 3.8) is 0 Å². The van der Waals surface area contributed by atoms with E-state index in [2.05, 4.69) is 86.1 Å². The number of ether oxygens (including phenoxy) is 2. The van der Waals surface area contributed by atoms with Crippen LogP contribution in [0.3, 0.4) is 0 Å². The number of carbonyl (C=O) groups is 4. The molecule has 15 heteroatoms. The van der Waals surface area contributed by atoms with Crippen molar-refractivity contribution in [3.05, 3.63) is 72.6 Å². The highest BCUT2D eigenvalue weighted by Gasteiger charge is 2.50. The van der Waals surface area contributed by atoms with Crippen molar-refractivity contribution < 1.29 is 28.7 Å². The molecule has 320 valence electrons. The van der Waals surface area contributed by atoms with Gasteiger partial charge in [0.25, 0.3) is 0 Å². The third kappa shape index (κ3) is 8.91. The van der Waals surface area contributed by atoms with Crippen LogP contribution in [0.5, 0.6) is 0 Å². The van der Waals surface area contributed by atoms with Crippen molar-refractivity contribution in [2.75, 3.05) is 47.4 Å². The van der Waals surface area contributed by atoms with Gasteiger partial charge < -0.3 is 44.8 Å². The molecule has 5 heterocycles. The Hall–Kier alpha value is -5.70. The maximum Gasteiger partial charge on any atom is 0.407 e. The molecule has 7 rings (SSSR count). The molecule has 0 bridgehead atoms. The van der Waals surface area contributed by atoms with Gasteiger partial charge in [-0.25, -0.2) is 19.6 Å². The summed E-state index contributed by atoms with van der Waals surface area (Å²) in [5.74, 6) is 0.987. The first-order valence-corrected chi connectivity index (χ1v) is 21.1. The minimum Gasteiger partial charge on any atom is -0.453 e. The number of methoxy groups -OCH3 is 2. The van der Waals surface area contributed by atoms with Crippen molar-refractivity contribution in [2.45, 2.75) is 84.0 Å². The van der Waals surface area contributed by atoms with Gasteiger partial charge in [0, 0.05) is 13.1 Å². The standard InChI is InChI=1S/C45H59N9O6/c1-27(2)37(50-43(57)59-6)41(55)53-20-8-9-35(53)39-46-24-33(48-39)31-14-10-29(11-15-31)30-12-16-32(17-13-30)34-25-47-40(49-34)36-23-45(18-21-52(5)22-19-45)26-54(36)42(56)38(28(3)4)51-44(58)60-7/h10-17,24-25,27-28,35-38H,8-9,18-23,26H2,1-7H3,(H,46,48)(H,47,49)(H,50,57)(H,51,58)/t35-,36-,37-,38-/m0/s1. The molecule has 3 aliphatic heterocycles. The molecule has 15 nitrogen and oxygen atoms in total. The average molecular weight is 822 g/mol. The van der Waals surface area contributed by atoms with E-state index >= 15 is 0 Å². The third-order valence-corrected chi connectivity index (χ3v) is 12.7. The van der Waals surface area contributed by atoms with Crippen LogP contribution in [0.25, 0.3) is 33.6 Å². The van der Waals surface area contributed by atoms with E-state index in [9.17, 15) is 19.2 Å². The number of rotatable bonds is 11. The number of carbonyl (C=O) groups excluding carboxylic acids is 4. The molecule has 0 radical (unpaired) electrons. The predicted molar refractivity (Wildman–Crippen MR) is 227 cm³/mol. The zero-order valence-corrected chi connectivity index (χ0v) is 35.8. The summed E-state index contributed by atoms with van der Waals surface area (Å²) >= 11 is 0. The van der Waals surface area contributed by atoms with Crippen LogP contribution in [0, 0.1) is 17.3 Å². The number of piperidine rings is 1. The van der Waals surface area contributed by atoms with Crippen LogP contribution in [-0.2, 0) is 19.1 Å². The zero-order valence-electron chi connectivity index (χ0n) is 35.8. The minimum absolute atomic E-state index is 0.00992. The van der Waals surface area contributed by atoms with E-state index in [1.54, 1.807) is 0 Å².